The van der Waals surface area contributed by atoms with Gasteiger partial charge in [-0.05, 0) is 42.5 Å². The van der Waals surface area contributed by atoms with Gasteiger partial charge in [0.05, 0.1) is 39.5 Å². The zero-order chi connectivity index (χ0) is 25.8. The summed E-state index contributed by atoms with van der Waals surface area (Å²) in [4.78, 5) is 24.6. The SMILES string of the molecule is COC(=O)c1ccccc1NC(=O)CN(c1ccc(Cl)c(C(F)(F)F)c1)S(=O)(=O)c1ccccc1. The zero-order valence-electron chi connectivity index (χ0n) is 18.0. The number of anilines is 2. The number of sulfonamides is 1. The van der Waals surface area contributed by atoms with Gasteiger partial charge in [0.25, 0.3) is 10.0 Å². The largest absolute Gasteiger partial charge is 0.465 e. The molecule has 1 amide bonds. The Morgan fingerprint density at radius 2 is 1.63 bits per heavy atom. The van der Waals surface area contributed by atoms with Gasteiger partial charge in [0.15, 0.2) is 0 Å². The normalized spacial score (nSPS) is 11.6. The van der Waals surface area contributed by atoms with Crippen LogP contribution in [0.4, 0.5) is 24.5 Å². The number of halogens is 4. The quantitative estimate of drug-likeness (QED) is 0.438. The number of esters is 1. The Balaban J connectivity index is 2.04. The Bertz CT molecular complexity index is 1350. The number of nitrogens with one attached hydrogen (secondary N) is 1. The monoisotopic (exact) mass is 526 g/mol. The standard InChI is InChI=1S/C23H18ClF3N2O5S/c1-34-22(31)17-9-5-6-10-20(17)28-21(30)14-29(35(32,33)16-7-3-2-4-8-16)15-11-12-19(24)18(13-15)23(25,26)27/h2-13H,14H2,1H3,(H,28,30). The Morgan fingerprint density at radius 3 is 2.26 bits per heavy atom. The summed E-state index contributed by atoms with van der Waals surface area (Å²) in [6.07, 6.45) is -4.86. The lowest BCUT2D eigenvalue weighted by Gasteiger charge is -2.25. The van der Waals surface area contributed by atoms with Crippen molar-refractivity contribution in [3.63, 3.8) is 0 Å². The van der Waals surface area contributed by atoms with E-state index in [9.17, 15) is 31.2 Å². The minimum Gasteiger partial charge on any atom is -0.465 e. The predicted octanol–water partition coefficient (Wildman–Crippen LogP) is 4.98. The van der Waals surface area contributed by atoms with Crippen molar-refractivity contribution in [2.24, 2.45) is 0 Å². The van der Waals surface area contributed by atoms with Gasteiger partial charge in [-0.1, -0.05) is 41.9 Å². The number of alkyl halides is 3. The molecule has 0 aromatic heterocycles. The fourth-order valence-electron chi connectivity index (χ4n) is 3.12. The number of carbonyl (C=O) groups excluding carboxylic acids is 2. The molecule has 35 heavy (non-hydrogen) atoms. The summed E-state index contributed by atoms with van der Waals surface area (Å²) in [7, 11) is -3.33. The number of hydrogen-bond acceptors (Lipinski definition) is 5. The third-order valence-electron chi connectivity index (χ3n) is 4.77. The molecule has 184 valence electrons. The number of methoxy groups -OCH3 is 1. The third kappa shape index (κ3) is 5.92. The van der Waals surface area contributed by atoms with E-state index in [2.05, 4.69) is 10.1 Å². The minimum absolute atomic E-state index is 0.00617. The Labute approximate surface area is 204 Å². The van der Waals surface area contributed by atoms with Crippen LogP contribution in [0.3, 0.4) is 0 Å². The van der Waals surface area contributed by atoms with Crippen LogP contribution in [0.1, 0.15) is 15.9 Å². The summed E-state index contributed by atoms with van der Waals surface area (Å²) in [5.41, 5.74) is -1.65. The van der Waals surface area contributed by atoms with Crippen LogP contribution in [0.25, 0.3) is 0 Å². The maximum absolute atomic E-state index is 13.4. The summed E-state index contributed by atoms with van der Waals surface area (Å²) in [6, 6.07) is 15.3. The topological polar surface area (TPSA) is 92.8 Å². The lowest BCUT2D eigenvalue weighted by atomic mass is 10.1. The van der Waals surface area contributed by atoms with Gasteiger partial charge in [-0.2, -0.15) is 13.2 Å². The molecule has 12 heteroatoms. The summed E-state index contributed by atoms with van der Waals surface area (Å²) >= 11 is 5.68. The molecule has 7 nitrogen and oxygen atoms in total. The smallest absolute Gasteiger partial charge is 0.417 e. The molecule has 3 rings (SSSR count). The molecule has 0 aliphatic carbocycles. The number of para-hydroxylation sites is 1. The number of nitrogens with zero attached hydrogens (tertiary/aromatic N) is 1. The van der Waals surface area contributed by atoms with Gasteiger partial charge in [0, 0.05) is 0 Å². The van der Waals surface area contributed by atoms with Crippen molar-refractivity contribution < 1.29 is 35.9 Å². The molecule has 0 heterocycles. The molecule has 0 radical (unpaired) electrons. The first-order valence-corrected chi connectivity index (χ1v) is 11.7. The summed E-state index contributed by atoms with van der Waals surface area (Å²) in [6.45, 7) is -0.897. The van der Waals surface area contributed by atoms with E-state index in [4.69, 9.17) is 11.6 Å². The van der Waals surface area contributed by atoms with Gasteiger partial charge in [0.1, 0.15) is 6.54 Å². The molecule has 1 N–H and O–H groups in total. The zero-order valence-corrected chi connectivity index (χ0v) is 19.6. The third-order valence-corrected chi connectivity index (χ3v) is 6.89. The van der Waals surface area contributed by atoms with E-state index in [1.54, 1.807) is 6.07 Å². The number of rotatable bonds is 7. The van der Waals surface area contributed by atoms with E-state index in [1.807, 2.05) is 0 Å². The summed E-state index contributed by atoms with van der Waals surface area (Å²) < 4.78 is 72.2. The van der Waals surface area contributed by atoms with E-state index in [0.29, 0.717) is 10.4 Å². The van der Waals surface area contributed by atoms with Crippen molar-refractivity contribution in [2.75, 3.05) is 23.3 Å². The number of benzene rings is 3. The molecule has 0 fully saturated rings. The maximum atomic E-state index is 13.4. The first-order valence-electron chi connectivity index (χ1n) is 9.87. The molecule has 0 aliphatic rings. The van der Waals surface area contributed by atoms with Crippen LogP contribution in [0.2, 0.25) is 5.02 Å². The van der Waals surface area contributed by atoms with E-state index in [1.165, 1.54) is 48.5 Å². The van der Waals surface area contributed by atoms with Crippen molar-refractivity contribution >= 4 is 44.9 Å². The highest BCUT2D eigenvalue weighted by atomic mass is 35.5. The second kappa shape index (κ2) is 10.4. The van der Waals surface area contributed by atoms with Gasteiger partial charge in [-0.25, -0.2) is 13.2 Å². The summed E-state index contributed by atoms with van der Waals surface area (Å²) in [5, 5.41) is 1.78. The molecule has 0 saturated carbocycles. The van der Waals surface area contributed by atoms with Crippen molar-refractivity contribution in [2.45, 2.75) is 11.1 Å². The summed E-state index contributed by atoms with van der Waals surface area (Å²) in [5.74, 6) is -1.66. The maximum Gasteiger partial charge on any atom is 0.417 e. The molecule has 0 atom stereocenters. The molecular weight excluding hydrogens is 509 g/mol. The van der Waals surface area contributed by atoms with Crippen LogP contribution in [0.15, 0.2) is 77.7 Å². The van der Waals surface area contributed by atoms with Crippen LogP contribution in [-0.4, -0.2) is 33.9 Å². The lowest BCUT2D eigenvalue weighted by Crippen LogP contribution is -2.38. The Hall–Kier alpha value is -3.57. The molecule has 0 bridgehead atoms. The van der Waals surface area contributed by atoms with E-state index >= 15 is 0 Å². The number of amides is 1. The van der Waals surface area contributed by atoms with Gasteiger partial charge in [0.2, 0.25) is 5.91 Å². The highest BCUT2D eigenvalue weighted by Gasteiger charge is 2.35. The number of hydrogen-bond donors (Lipinski definition) is 1. The average molecular weight is 527 g/mol. The van der Waals surface area contributed by atoms with Gasteiger partial charge >= 0.3 is 12.1 Å². The predicted molar refractivity (Wildman–Crippen MR) is 124 cm³/mol. The number of ether oxygens (including phenoxy) is 1. The molecule has 0 saturated heterocycles. The second-order valence-corrected chi connectivity index (χ2v) is 9.34. The first-order chi connectivity index (χ1) is 16.4. The average Bonchev–Trinajstić information content (AvgIpc) is 2.82. The fraction of sp³-hybridized carbons (Fsp3) is 0.130. The van der Waals surface area contributed by atoms with Crippen LogP contribution >= 0.6 is 11.6 Å². The van der Waals surface area contributed by atoms with Crippen molar-refractivity contribution in [1.82, 2.24) is 0 Å². The van der Waals surface area contributed by atoms with Crippen molar-refractivity contribution in [3.05, 3.63) is 88.9 Å². The number of carbonyl (C=O) groups is 2. The van der Waals surface area contributed by atoms with Gasteiger partial charge in [-0.15, -0.1) is 0 Å². The first kappa shape index (κ1) is 26.0. The van der Waals surface area contributed by atoms with Gasteiger partial charge < -0.3 is 10.1 Å². The molecule has 0 spiro atoms. The minimum atomic E-state index is -4.86. The second-order valence-electron chi connectivity index (χ2n) is 7.07. The van der Waals surface area contributed by atoms with Crippen molar-refractivity contribution in [3.8, 4) is 0 Å². The highest BCUT2D eigenvalue weighted by molar-refractivity contribution is 7.92. The highest BCUT2D eigenvalue weighted by Crippen LogP contribution is 2.38. The molecule has 3 aromatic rings. The van der Waals surface area contributed by atoms with Crippen molar-refractivity contribution in [1.29, 1.82) is 0 Å². The fourth-order valence-corrected chi connectivity index (χ4v) is 4.78. The molecule has 0 unspecified atom stereocenters. The molecular formula is C23H18ClF3N2O5S. The van der Waals surface area contributed by atoms with Gasteiger partial charge in [-0.3, -0.25) is 9.10 Å². The Kier molecular flexibility index (Phi) is 7.71. The van der Waals surface area contributed by atoms with Crippen LogP contribution < -0.4 is 9.62 Å². The molecule has 0 aliphatic heterocycles. The van der Waals surface area contributed by atoms with Crippen LogP contribution in [0.5, 0.6) is 0 Å². The molecule has 3 aromatic carbocycles. The van der Waals surface area contributed by atoms with E-state index < -0.39 is 50.9 Å². The van der Waals surface area contributed by atoms with Crippen LogP contribution in [0, 0.1) is 0 Å². The van der Waals surface area contributed by atoms with E-state index in [-0.39, 0.29) is 16.1 Å². The van der Waals surface area contributed by atoms with Crippen LogP contribution in [-0.2, 0) is 25.7 Å². The lowest BCUT2D eigenvalue weighted by molar-refractivity contribution is -0.137. The Morgan fingerprint density at radius 1 is 1.00 bits per heavy atom. The van der Waals surface area contributed by atoms with E-state index in [0.717, 1.165) is 19.2 Å².